The number of hydrogen-bond acceptors (Lipinski definition) is 6. The van der Waals surface area contributed by atoms with Crippen LogP contribution in [0.4, 0.5) is 0 Å². The molecule has 0 unspecified atom stereocenters. The molecule has 1 aliphatic heterocycles. The lowest BCUT2D eigenvalue weighted by molar-refractivity contribution is 0.0948. The number of nitrogen functional groups attached to an aromatic ring is 1. The molecule has 8 nitrogen and oxygen atoms in total. The third kappa shape index (κ3) is 3.72. The highest BCUT2D eigenvalue weighted by Gasteiger charge is 2.17. The molecule has 19 heavy (non-hydrogen) atoms. The van der Waals surface area contributed by atoms with Gasteiger partial charge in [0.05, 0.1) is 12.7 Å². The fraction of sp³-hybridized carbons (Fsp3) is 0.727. The van der Waals surface area contributed by atoms with Crippen LogP contribution in [0.1, 0.15) is 23.3 Å². The summed E-state index contributed by atoms with van der Waals surface area (Å²) in [5.41, 5.74) is 2.28. The Balaban J connectivity index is 1.81. The van der Waals surface area contributed by atoms with Gasteiger partial charge in [-0.05, 0) is 33.0 Å². The van der Waals surface area contributed by atoms with E-state index in [0.29, 0.717) is 12.6 Å². The minimum absolute atomic E-state index is 0.243. The number of rotatable bonds is 5. The number of aromatic nitrogens is 3. The highest BCUT2D eigenvalue weighted by atomic mass is 16.2. The fourth-order valence-electron chi connectivity index (χ4n) is 2.28. The van der Waals surface area contributed by atoms with E-state index in [2.05, 4.69) is 27.6 Å². The van der Waals surface area contributed by atoms with Gasteiger partial charge in [-0.2, -0.15) is 0 Å². The number of nitrogens with one attached hydrogen (secondary N) is 2. The van der Waals surface area contributed by atoms with Gasteiger partial charge < -0.3 is 10.2 Å². The van der Waals surface area contributed by atoms with E-state index in [1.165, 1.54) is 12.8 Å². The maximum Gasteiger partial charge on any atom is 0.287 e. The molecule has 106 valence electrons. The molecule has 0 atom stereocenters. The van der Waals surface area contributed by atoms with Gasteiger partial charge in [0, 0.05) is 12.6 Å². The predicted molar refractivity (Wildman–Crippen MR) is 70.2 cm³/mol. The molecule has 1 aromatic rings. The lowest BCUT2D eigenvalue weighted by atomic mass is 10.1. The van der Waals surface area contributed by atoms with Gasteiger partial charge in [0.25, 0.3) is 5.91 Å². The highest BCUT2D eigenvalue weighted by molar-refractivity contribution is 5.91. The molecule has 0 bridgehead atoms. The van der Waals surface area contributed by atoms with Crippen molar-refractivity contribution in [2.75, 3.05) is 26.7 Å². The van der Waals surface area contributed by atoms with Crippen LogP contribution < -0.4 is 16.6 Å². The van der Waals surface area contributed by atoms with Gasteiger partial charge in [0.1, 0.15) is 0 Å². The second-order valence-electron chi connectivity index (χ2n) is 4.80. The van der Waals surface area contributed by atoms with Crippen LogP contribution in [0.5, 0.6) is 0 Å². The Labute approximate surface area is 112 Å². The van der Waals surface area contributed by atoms with Crippen molar-refractivity contribution >= 4 is 5.91 Å². The standard InChI is InChI=1S/C11H21N7O/c1-17(9-2-4-13-5-3-9)6-7-18-8-10(15-16-18)11(19)14-12/h8-9,13H,2-7,12H2,1H3,(H,14,19). The number of nitrogens with two attached hydrogens (primary N) is 1. The van der Waals surface area contributed by atoms with Gasteiger partial charge in [-0.3, -0.25) is 14.9 Å². The molecule has 0 spiro atoms. The van der Waals surface area contributed by atoms with Crippen LogP contribution in [0.3, 0.4) is 0 Å². The summed E-state index contributed by atoms with van der Waals surface area (Å²) in [6, 6.07) is 0.622. The molecule has 2 rings (SSSR count). The summed E-state index contributed by atoms with van der Waals surface area (Å²) in [6.07, 6.45) is 3.96. The molecule has 1 amide bonds. The highest BCUT2D eigenvalue weighted by Crippen LogP contribution is 2.09. The average Bonchev–Trinajstić information content (AvgIpc) is 2.93. The molecule has 0 radical (unpaired) electrons. The molecule has 4 N–H and O–H groups in total. The Bertz CT molecular complexity index is 413. The average molecular weight is 267 g/mol. The summed E-state index contributed by atoms with van der Waals surface area (Å²) in [4.78, 5) is 13.6. The zero-order valence-electron chi connectivity index (χ0n) is 11.2. The van der Waals surface area contributed by atoms with Crippen molar-refractivity contribution in [3.05, 3.63) is 11.9 Å². The van der Waals surface area contributed by atoms with E-state index in [0.717, 1.165) is 19.6 Å². The summed E-state index contributed by atoms with van der Waals surface area (Å²) in [7, 11) is 2.13. The quantitative estimate of drug-likeness (QED) is 0.343. The van der Waals surface area contributed by atoms with Crippen LogP contribution in [0.25, 0.3) is 0 Å². The van der Waals surface area contributed by atoms with Gasteiger partial charge in [-0.15, -0.1) is 5.10 Å². The second kappa shape index (κ2) is 6.60. The lowest BCUT2D eigenvalue weighted by Gasteiger charge is -2.31. The Morgan fingerprint density at radius 3 is 3.05 bits per heavy atom. The zero-order chi connectivity index (χ0) is 13.7. The molecule has 2 heterocycles. The Morgan fingerprint density at radius 2 is 2.37 bits per heavy atom. The van der Waals surface area contributed by atoms with Crippen molar-refractivity contribution in [3.63, 3.8) is 0 Å². The Hall–Kier alpha value is -1.51. The normalized spacial score (nSPS) is 16.8. The number of carbonyl (C=O) groups excluding carboxylic acids is 1. The fourth-order valence-corrected chi connectivity index (χ4v) is 2.28. The number of hydrazine groups is 1. The zero-order valence-corrected chi connectivity index (χ0v) is 11.2. The molecule has 8 heteroatoms. The van der Waals surface area contributed by atoms with Crippen molar-refractivity contribution in [2.45, 2.75) is 25.4 Å². The van der Waals surface area contributed by atoms with Crippen LogP contribution >= 0.6 is 0 Å². The molecule has 0 aliphatic carbocycles. The van der Waals surface area contributed by atoms with Crippen LogP contribution in [0.2, 0.25) is 0 Å². The van der Waals surface area contributed by atoms with E-state index in [4.69, 9.17) is 5.84 Å². The third-order valence-electron chi connectivity index (χ3n) is 3.52. The largest absolute Gasteiger partial charge is 0.317 e. The number of likely N-dealkylation sites (N-methyl/N-ethyl adjacent to an activating group) is 1. The van der Waals surface area contributed by atoms with Crippen molar-refractivity contribution in [1.29, 1.82) is 0 Å². The summed E-state index contributed by atoms with van der Waals surface area (Å²) in [6.45, 7) is 3.77. The van der Waals surface area contributed by atoms with E-state index >= 15 is 0 Å². The first kappa shape index (κ1) is 13.9. The SMILES string of the molecule is CN(CCn1cc(C(=O)NN)nn1)C1CCNCC1. The number of nitrogens with zero attached hydrogens (tertiary/aromatic N) is 4. The van der Waals surface area contributed by atoms with Crippen LogP contribution in [0, 0.1) is 0 Å². The van der Waals surface area contributed by atoms with E-state index in [-0.39, 0.29) is 5.69 Å². The van der Waals surface area contributed by atoms with Crippen molar-refractivity contribution in [2.24, 2.45) is 5.84 Å². The maximum absolute atomic E-state index is 11.2. The first-order chi connectivity index (χ1) is 9.20. The number of amides is 1. The first-order valence-corrected chi connectivity index (χ1v) is 6.52. The predicted octanol–water partition coefficient (Wildman–Crippen LogP) is -1.43. The molecule has 0 saturated carbocycles. The smallest absolute Gasteiger partial charge is 0.287 e. The summed E-state index contributed by atoms with van der Waals surface area (Å²) in [5, 5.41) is 11.0. The van der Waals surface area contributed by atoms with Crippen LogP contribution in [0.15, 0.2) is 6.20 Å². The Kier molecular flexibility index (Phi) is 4.83. The maximum atomic E-state index is 11.2. The second-order valence-corrected chi connectivity index (χ2v) is 4.80. The van der Waals surface area contributed by atoms with Crippen molar-refractivity contribution in [1.82, 2.24) is 30.6 Å². The molecule has 1 aromatic heterocycles. The lowest BCUT2D eigenvalue weighted by Crippen LogP contribution is -2.42. The molecule has 1 fully saturated rings. The number of carbonyl (C=O) groups is 1. The minimum Gasteiger partial charge on any atom is -0.317 e. The topological polar surface area (TPSA) is 101 Å². The van der Waals surface area contributed by atoms with E-state index < -0.39 is 5.91 Å². The van der Waals surface area contributed by atoms with Gasteiger partial charge in [0.2, 0.25) is 0 Å². The molecule has 1 aliphatic rings. The Morgan fingerprint density at radius 1 is 1.63 bits per heavy atom. The first-order valence-electron chi connectivity index (χ1n) is 6.52. The van der Waals surface area contributed by atoms with Crippen molar-refractivity contribution < 1.29 is 4.79 Å². The molecular formula is C11H21N7O. The molecular weight excluding hydrogens is 246 g/mol. The van der Waals surface area contributed by atoms with Gasteiger partial charge >= 0.3 is 0 Å². The number of hydrogen-bond donors (Lipinski definition) is 3. The van der Waals surface area contributed by atoms with Crippen molar-refractivity contribution in [3.8, 4) is 0 Å². The van der Waals surface area contributed by atoms with E-state index in [1.54, 1.807) is 10.9 Å². The van der Waals surface area contributed by atoms with Gasteiger partial charge in [0.15, 0.2) is 5.69 Å². The minimum atomic E-state index is -0.419. The summed E-state index contributed by atoms with van der Waals surface area (Å²) < 4.78 is 1.67. The molecule has 0 aromatic carbocycles. The van der Waals surface area contributed by atoms with E-state index in [1.807, 2.05) is 5.43 Å². The third-order valence-corrected chi connectivity index (χ3v) is 3.52. The van der Waals surface area contributed by atoms with Gasteiger partial charge in [-0.1, -0.05) is 5.21 Å². The monoisotopic (exact) mass is 267 g/mol. The van der Waals surface area contributed by atoms with Crippen LogP contribution in [-0.4, -0.2) is 58.5 Å². The summed E-state index contributed by atoms with van der Waals surface area (Å²) in [5.74, 6) is 4.62. The van der Waals surface area contributed by atoms with Crippen LogP contribution in [-0.2, 0) is 6.54 Å². The summed E-state index contributed by atoms with van der Waals surface area (Å²) >= 11 is 0. The van der Waals surface area contributed by atoms with E-state index in [9.17, 15) is 4.79 Å². The van der Waals surface area contributed by atoms with Gasteiger partial charge in [-0.25, -0.2) is 5.84 Å². The number of piperidine rings is 1. The molecule has 1 saturated heterocycles.